The number of rotatable bonds is 8. The van der Waals surface area contributed by atoms with Crippen LogP contribution in [0.4, 0.5) is 5.69 Å². The van der Waals surface area contributed by atoms with Crippen LogP contribution in [0.15, 0.2) is 59.5 Å². The van der Waals surface area contributed by atoms with Gasteiger partial charge in [0.05, 0.1) is 11.4 Å². The largest absolute Gasteiger partial charge is 0.373 e. The van der Waals surface area contributed by atoms with Crippen LogP contribution in [0.1, 0.15) is 10.4 Å². The van der Waals surface area contributed by atoms with Crippen LogP contribution in [0.5, 0.6) is 0 Å². The minimum Gasteiger partial charge on any atom is -0.373 e. The summed E-state index contributed by atoms with van der Waals surface area (Å²) in [5, 5.41) is 2.82. The van der Waals surface area contributed by atoms with Crippen molar-refractivity contribution < 1.29 is 13.2 Å². The molecule has 0 radical (unpaired) electrons. The van der Waals surface area contributed by atoms with E-state index in [9.17, 15) is 13.2 Å². The Morgan fingerprint density at radius 3 is 2.38 bits per heavy atom. The van der Waals surface area contributed by atoms with Crippen LogP contribution < -0.4 is 14.9 Å². The predicted octanol–water partition coefficient (Wildman–Crippen LogP) is 1.46. The van der Waals surface area contributed by atoms with Crippen molar-refractivity contribution >= 4 is 21.6 Å². The lowest BCUT2D eigenvalue weighted by atomic mass is 10.2. The molecule has 7 heteroatoms. The van der Waals surface area contributed by atoms with Crippen molar-refractivity contribution in [1.29, 1.82) is 0 Å². The van der Waals surface area contributed by atoms with Crippen molar-refractivity contribution in [2.24, 2.45) is 0 Å². The minimum absolute atomic E-state index is 0.0631. The lowest BCUT2D eigenvalue weighted by molar-refractivity contribution is 0.0954. The first-order valence-corrected chi connectivity index (χ1v) is 9.50. The van der Waals surface area contributed by atoms with E-state index in [1.54, 1.807) is 0 Å². The van der Waals surface area contributed by atoms with Crippen molar-refractivity contribution in [2.45, 2.75) is 4.90 Å². The summed E-state index contributed by atoms with van der Waals surface area (Å²) < 4.78 is 26.1. The molecule has 136 valence electrons. The molecule has 0 atom stereocenters. The maximum absolute atomic E-state index is 12.2. The molecule has 0 fully saturated rings. The second-order valence-electron chi connectivity index (χ2n) is 5.57. The van der Waals surface area contributed by atoms with Crippen molar-refractivity contribution in [1.82, 2.24) is 10.0 Å². The normalized spacial score (nSPS) is 10.8. The smallest absolute Gasteiger partial charge is 0.251 e. The predicted molar refractivity (Wildman–Crippen MR) is 103 cm³/mol. The summed E-state index contributed by atoms with van der Waals surface area (Å²) in [6, 6.07) is 15.6. The van der Waals surface area contributed by atoms with E-state index in [0.29, 0.717) is 18.7 Å². The monoisotopic (exact) mass is 371 g/mol. The highest BCUT2D eigenvalue weighted by Crippen LogP contribution is 2.11. The maximum atomic E-state index is 12.2. The average Bonchev–Trinajstić information content (AvgIpc) is 2.67. The van der Waals surface area contributed by atoms with Gasteiger partial charge in [-0.05, 0) is 36.4 Å². The highest BCUT2D eigenvalue weighted by molar-refractivity contribution is 7.89. The van der Waals surface area contributed by atoms with Gasteiger partial charge in [-0.2, -0.15) is 4.72 Å². The summed E-state index contributed by atoms with van der Waals surface area (Å²) in [5.41, 5.74) is 1.46. The lowest BCUT2D eigenvalue weighted by Crippen LogP contribution is -2.33. The molecule has 0 saturated carbocycles. The van der Waals surface area contributed by atoms with Gasteiger partial charge in [-0.15, -0.1) is 6.42 Å². The third-order valence-electron chi connectivity index (χ3n) is 3.72. The number of nitrogens with one attached hydrogen (secondary N) is 2. The van der Waals surface area contributed by atoms with Crippen LogP contribution in [0, 0.1) is 12.3 Å². The van der Waals surface area contributed by atoms with Gasteiger partial charge in [0.2, 0.25) is 10.0 Å². The van der Waals surface area contributed by atoms with Gasteiger partial charge in [-0.1, -0.05) is 24.1 Å². The number of anilines is 1. The molecule has 0 aliphatic rings. The van der Waals surface area contributed by atoms with Gasteiger partial charge in [0, 0.05) is 31.4 Å². The number of terminal acetylenes is 1. The number of hydrogen-bond acceptors (Lipinski definition) is 4. The zero-order chi connectivity index (χ0) is 19.0. The van der Waals surface area contributed by atoms with E-state index in [1.807, 2.05) is 42.3 Å². The summed E-state index contributed by atoms with van der Waals surface area (Å²) in [6.07, 6.45) is 5.05. The number of para-hydroxylation sites is 1. The number of hydrogen-bond donors (Lipinski definition) is 2. The number of carbonyl (C=O) groups is 1. The Bertz CT molecular complexity index is 872. The van der Waals surface area contributed by atoms with E-state index in [-0.39, 0.29) is 17.3 Å². The van der Waals surface area contributed by atoms with Crippen molar-refractivity contribution in [2.75, 3.05) is 31.6 Å². The quantitative estimate of drug-likeness (QED) is 0.689. The molecule has 2 N–H and O–H groups in total. The summed E-state index contributed by atoms with van der Waals surface area (Å²) in [6.45, 7) is 1.03. The first kappa shape index (κ1) is 19.5. The fraction of sp³-hybridized carbons (Fsp3) is 0.211. The topological polar surface area (TPSA) is 78.5 Å². The average molecular weight is 371 g/mol. The molecule has 0 unspecified atom stereocenters. The first-order valence-electron chi connectivity index (χ1n) is 8.01. The van der Waals surface area contributed by atoms with E-state index < -0.39 is 10.0 Å². The van der Waals surface area contributed by atoms with Crippen LogP contribution in [0.3, 0.4) is 0 Å². The Morgan fingerprint density at radius 1 is 1.12 bits per heavy atom. The van der Waals surface area contributed by atoms with Crippen LogP contribution in [-0.2, 0) is 10.0 Å². The molecule has 0 aliphatic heterocycles. The highest BCUT2D eigenvalue weighted by Gasteiger charge is 2.14. The fourth-order valence-corrected chi connectivity index (χ4v) is 3.19. The molecule has 2 aromatic rings. The van der Waals surface area contributed by atoms with Crippen molar-refractivity contribution in [3.63, 3.8) is 0 Å². The second kappa shape index (κ2) is 9.04. The van der Waals surface area contributed by atoms with E-state index >= 15 is 0 Å². The Balaban J connectivity index is 1.89. The summed E-state index contributed by atoms with van der Waals surface area (Å²) in [4.78, 5) is 14.3. The van der Waals surface area contributed by atoms with Crippen LogP contribution in [-0.4, -0.2) is 41.0 Å². The molecule has 2 rings (SSSR count). The Hall–Kier alpha value is -2.82. The molecular weight excluding hydrogens is 350 g/mol. The molecule has 0 aromatic heterocycles. The minimum atomic E-state index is -3.65. The number of benzene rings is 2. The second-order valence-corrected chi connectivity index (χ2v) is 7.33. The van der Waals surface area contributed by atoms with Gasteiger partial charge in [-0.25, -0.2) is 8.42 Å². The Labute approximate surface area is 154 Å². The molecular formula is C19H21N3O3S. The Morgan fingerprint density at radius 2 is 1.77 bits per heavy atom. The zero-order valence-electron chi connectivity index (χ0n) is 14.5. The first-order chi connectivity index (χ1) is 12.4. The summed E-state index contributed by atoms with van der Waals surface area (Å²) >= 11 is 0. The summed E-state index contributed by atoms with van der Waals surface area (Å²) in [5.74, 6) is 1.95. The molecule has 0 saturated heterocycles. The van der Waals surface area contributed by atoms with Gasteiger partial charge >= 0.3 is 0 Å². The van der Waals surface area contributed by atoms with Gasteiger partial charge in [-0.3, -0.25) is 4.79 Å². The lowest BCUT2D eigenvalue weighted by Gasteiger charge is -2.19. The van der Waals surface area contributed by atoms with Gasteiger partial charge < -0.3 is 10.2 Å². The van der Waals surface area contributed by atoms with Crippen LogP contribution >= 0.6 is 0 Å². The van der Waals surface area contributed by atoms with Crippen LogP contribution in [0.25, 0.3) is 0 Å². The number of nitrogens with zero attached hydrogens (tertiary/aromatic N) is 1. The Kier molecular flexibility index (Phi) is 6.78. The molecule has 0 spiro atoms. The van der Waals surface area contributed by atoms with Gasteiger partial charge in [0.15, 0.2) is 0 Å². The third kappa shape index (κ3) is 5.34. The van der Waals surface area contributed by atoms with Gasteiger partial charge in [0.1, 0.15) is 0 Å². The molecule has 0 heterocycles. The van der Waals surface area contributed by atoms with E-state index in [0.717, 1.165) is 5.69 Å². The van der Waals surface area contributed by atoms with E-state index in [4.69, 9.17) is 6.42 Å². The molecule has 1 amide bonds. The van der Waals surface area contributed by atoms with Gasteiger partial charge in [0.25, 0.3) is 5.91 Å². The molecule has 6 nitrogen and oxygen atoms in total. The van der Waals surface area contributed by atoms with Crippen molar-refractivity contribution in [3.05, 3.63) is 60.2 Å². The van der Waals surface area contributed by atoms with Crippen molar-refractivity contribution in [3.8, 4) is 12.3 Å². The number of amides is 1. The number of likely N-dealkylation sites (N-methyl/N-ethyl adjacent to an activating group) is 1. The fourth-order valence-electron chi connectivity index (χ4n) is 2.26. The number of sulfonamides is 1. The maximum Gasteiger partial charge on any atom is 0.251 e. The molecule has 0 aliphatic carbocycles. The third-order valence-corrected chi connectivity index (χ3v) is 5.14. The zero-order valence-corrected chi connectivity index (χ0v) is 15.3. The highest BCUT2D eigenvalue weighted by atomic mass is 32.2. The molecule has 0 bridgehead atoms. The van der Waals surface area contributed by atoms with E-state index in [2.05, 4.69) is 16.0 Å². The van der Waals surface area contributed by atoms with Crippen LogP contribution in [0.2, 0.25) is 0 Å². The number of carbonyl (C=O) groups excluding carboxylic acids is 1. The SMILES string of the molecule is C#CCNS(=O)(=O)c1ccc(C(=O)NCCN(C)c2ccccc2)cc1. The summed E-state index contributed by atoms with van der Waals surface area (Å²) in [7, 11) is -1.71. The molecule has 26 heavy (non-hydrogen) atoms. The standard InChI is InChI=1S/C19H21N3O3S/c1-3-13-21-26(24,25)18-11-9-16(10-12-18)19(23)20-14-15-22(2)17-7-5-4-6-8-17/h1,4-12,21H,13-15H2,2H3,(H,20,23). The molecule has 2 aromatic carbocycles. The van der Waals surface area contributed by atoms with E-state index in [1.165, 1.54) is 24.3 Å².